The second kappa shape index (κ2) is 5.19. The molecule has 1 aliphatic heterocycles. The van der Waals surface area contributed by atoms with Crippen LogP contribution in [0.5, 0.6) is 0 Å². The van der Waals surface area contributed by atoms with E-state index < -0.39 is 0 Å². The largest absolute Gasteiger partial charge is 0.339 e. The Morgan fingerprint density at radius 2 is 2.54 bits per heavy atom. The van der Waals surface area contributed by atoms with Gasteiger partial charge in [-0.05, 0) is 25.8 Å². The Labute approximate surface area is 79.3 Å². The summed E-state index contributed by atoms with van der Waals surface area (Å²) in [7, 11) is 0. The molecular weight excluding hydrogens is 166 g/mol. The fourth-order valence-electron chi connectivity index (χ4n) is 1.53. The van der Waals surface area contributed by atoms with Gasteiger partial charge in [0.1, 0.15) is 0 Å². The second-order valence-electron chi connectivity index (χ2n) is 3.55. The van der Waals surface area contributed by atoms with Crippen molar-refractivity contribution in [3.8, 4) is 0 Å². The van der Waals surface area contributed by atoms with E-state index in [0.29, 0.717) is 0 Å². The molecule has 0 aromatic heterocycles. The Morgan fingerprint density at radius 1 is 1.77 bits per heavy atom. The Hall–Kier alpha value is -0.610. The van der Waals surface area contributed by atoms with Crippen LogP contribution in [0.15, 0.2) is 0 Å². The molecular formula is C9H19N3O. The minimum atomic E-state index is -0.340. The Balaban J connectivity index is 2.22. The molecule has 0 aromatic rings. The summed E-state index contributed by atoms with van der Waals surface area (Å²) in [4.78, 5) is 11.4. The lowest BCUT2D eigenvalue weighted by molar-refractivity contribution is -0.123. The van der Waals surface area contributed by atoms with Crippen LogP contribution in [0.1, 0.15) is 32.6 Å². The molecule has 1 saturated heterocycles. The molecule has 0 spiro atoms. The minimum Gasteiger partial charge on any atom is -0.339 e. The first-order valence-corrected chi connectivity index (χ1v) is 5.03. The van der Waals surface area contributed by atoms with Gasteiger partial charge in [0.15, 0.2) is 0 Å². The van der Waals surface area contributed by atoms with Crippen molar-refractivity contribution in [1.82, 2.24) is 10.6 Å². The number of hydrogen-bond acceptors (Lipinski definition) is 3. The maximum atomic E-state index is 11.4. The van der Waals surface area contributed by atoms with Gasteiger partial charge in [0, 0.05) is 0 Å². The Bertz CT molecular complexity index is 166. The van der Waals surface area contributed by atoms with Crippen molar-refractivity contribution in [3.05, 3.63) is 0 Å². The van der Waals surface area contributed by atoms with Crippen LogP contribution < -0.4 is 16.4 Å². The van der Waals surface area contributed by atoms with E-state index in [2.05, 4.69) is 10.6 Å². The Morgan fingerprint density at radius 3 is 3.08 bits per heavy atom. The van der Waals surface area contributed by atoms with E-state index in [1.807, 2.05) is 6.92 Å². The summed E-state index contributed by atoms with van der Waals surface area (Å²) in [5.74, 6) is -0.0266. The van der Waals surface area contributed by atoms with Crippen molar-refractivity contribution in [3.63, 3.8) is 0 Å². The van der Waals surface area contributed by atoms with Gasteiger partial charge in [-0.25, -0.2) is 0 Å². The van der Waals surface area contributed by atoms with E-state index in [1.54, 1.807) is 0 Å². The molecule has 1 amide bonds. The molecule has 4 heteroatoms. The molecule has 13 heavy (non-hydrogen) atoms. The lowest BCUT2D eigenvalue weighted by Gasteiger charge is -2.16. The van der Waals surface area contributed by atoms with Gasteiger partial charge < -0.3 is 11.1 Å². The zero-order chi connectivity index (χ0) is 9.68. The molecule has 1 fully saturated rings. The SMILES string of the molecule is CCC[C@H](N)C(=O)NC1CCCN1. The third-order valence-electron chi connectivity index (χ3n) is 2.31. The first kappa shape index (κ1) is 10.5. The molecule has 1 heterocycles. The van der Waals surface area contributed by atoms with E-state index in [9.17, 15) is 4.79 Å². The topological polar surface area (TPSA) is 67.2 Å². The monoisotopic (exact) mass is 185 g/mol. The molecule has 4 nitrogen and oxygen atoms in total. The summed E-state index contributed by atoms with van der Waals surface area (Å²) < 4.78 is 0. The van der Waals surface area contributed by atoms with Crippen LogP contribution in [0.25, 0.3) is 0 Å². The predicted octanol–water partition coefficient (Wildman–Crippen LogP) is -0.0605. The fourth-order valence-corrected chi connectivity index (χ4v) is 1.53. The van der Waals surface area contributed by atoms with E-state index in [0.717, 1.165) is 32.2 Å². The van der Waals surface area contributed by atoms with Crippen LogP contribution in [-0.2, 0) is 4.79 Å². The normalized spacial score (nSPS) is 24.3. The van der Waals surface area contributed by atoms with Gasteiger partial charge in [0.25, 0.3) is 0 Å². The van der Waals surface area contributed by atoms with E-state index in [4.69, 9.17) is 5.73 Å². The molecule has 4 N–H and O–H groups in total. The van der Waals surface area contributed by atoms with Crippen molar-refractivity contribution in [1.29, 1.82) is 0 Å². The zero-order valence-corrected chi connectivity index (χ0v) is 8.18. The van der Waals surface area contributed by atoms with Crippen molar-refractivity contribution >= 4 is 5.91 Å². The first-order valence-electron chi connectivity index (χ1n) is 5.03. The second-order valence-corrected chi connectivity index (χ2v) is 3.55. The molecule has 0 radical (unpaired) electrons. The average molecular weight is 185 g/mol. The van der Waals surface area contributed by atoms with Crippen LogP contribution in [0.4, 0.5) is 0 Å². The predicted molar refractivity (Wildman–Crippen MR) is 52.1 cm³/mol. The lowest BCUT2D eigenvalue weighted by atomic mass is 10.1. The van der Waals surface area contributed by atoms with Crippen molar-refractivity contribution in [2.45, 2.75) is 44.8 Å². The van der Waals surface area contributed by atoms with Gasteiger partial charge >= 0.3 is 0 Å². The van der Waals surface area contributed by atoms with Crippen LogP contribution >= 0.6 is 0 Å². The van der Waals surface area contributed by atoms with Crippen LogP contribution in [0, 0.1) is 0 Å². The standard InChI is InChI=1S/C9H19N3O/c1-2-4-7(10)9(13)12-8-5-3-6-11-8/h7-8,11H,2-6,10H2,1H3,(H,12,13)/t7-,8?/m0/s1. The molecule has 0 aliphatic carbocycles. The summed E-state index contributed by atoms with van der Waals surface area (Å²) in [5, 5.41) is 6.09. The number of nitrogens with one attached hydrogen (secondary N) is 2. The third-order valence-corrected chi connectivity index (χ3v) is 2.31. The summed E-state index contributed by atoms with van der Waals surface area (Å²) in [5.41, 5.74) is 5.67. The molecule has 1 unspecified atom stereocenters. The minimum absolute atomic E-state index is 0.0266. The van der Waals surface area contributed by atoms with Crippen molar-refractivity contribution in [2.24, 2.45) is 5.73 Å². The Kier molecular flexibility index (Phi) is 4.18. The number of carbonyl (C=O) groups excluding carboxylic acids is 1. The average Bonchev–Trinajstić information content (AvgIpc) is 2.57. The van der Waals surface area contributed by atoms with Gasteiger partial charge in [0.05, 0.1) is 12.2 Å². The molecule has 1 aliphatic rings. The molecule has 0 saturated carbocycles. The van der Waals surface area contributed by atoms with Gasteiger partial charge in [-0.2, -0.15) is 0 Å². The number of nitrogens with two attached hydrogens (primary N) is 1. The summed E-state index contributed by atoms with van der Waals surface area (Å²) in [6.07, 6.45) is 4.01. The highest BCUT2D eigenvalue weighted by molar-refractivity contribution is 5.81. The van der Waals surface area contributed by atoms with E-state index in [1.165, 1.54) is 0 Å². The molecule has 0 bridgehead atoms. The van der Waals surface area contributed by atoms with Gasteiger partial charge in [-0.3, -0.25) is 10.1 Å². The van der Waals surface area contributed by atoms with Crippen molar-refractivity contribution in [2.75, 3.05) is 6.54 Å². The van der Waals surface area contributed by atoms with Crippen LogP contribution in [0.3, 0.4) is 0 Å². The van der Waals surface area contributed by atoms with Gasteiger partial charge in [0.2, 0.25) is 5.91 Å². The summed E-state index contributed by atoms with van der Waals surface area (Å²) >= 11 is 0. The van der Waals surface area contributed by atoms with E-state index >= 15 is 0 Å². The maximum absolute atomic E-state index is 11.4. The smallest absolute Gasteiger partial charge is 0.238 e. The molecule has 2 atom stereocenters. The highest BCUT2D eigenvalue weighted by Crippen LogP contribution is 2.02. The third kappa shape index (κ3) is 3.32. The van der Waals surface area contributed by atoms with Gasteiger partial charge in [-0.1, -0.05) is 13.3 Å². The zero-order valence-electron chi connectivity index (χ0n) is 8.18. The first-order chi connectivity index (χ1) is 6.24. The maximum Gasteiger partial charge on any atom is 0.238 e. The number of amides is 1. The molecule has 0 aromatic carbocycles. The molecule has 76 valence electrons. The number of carbonyl (C=O) groups is 1. The number of hydrogen-bond donors (Lipinski definition) is 3. The highest BCUT2D eigenvalue weighted by atomic mass is 16.2. The fraction of sp³-hybridized carbons (Fsp3) is 0.889. The summed E-state index contributed by atoms with van der Waals surface area (Å²) in [6.45, 7) is 3.02. The summed E-state index contributed by atoms with van der Waals surface area (Å²) in [6, 6.07) is -0.340. The van der Waals surface area contributed by atoms with Crippen LogP contribution in [0.2, 0.25) is 0 Å². The van der Waals surface area contributed by atoms with Gasteiger partial charge in [-0.15, -0.1) is 0 Å². The molecule has 1 rings (SSSR count). The van der Waals surface area contributed by atoms with E-state index in [-0.39, 0.29) is 18.1 Å². The highest BCUT2D eigenvalue weighted by Gasteiger charge is 2.19. The lowest BCUT2D eigenvalue weighted by Crippen LogP contribution is -2.48. The van der Waals surface area contributed by atoms with Crippen molar-refractivity contribution < 1.29 is 4.79 Å². The van der Waals surface area contributed by atoms with Crippen LogP contribution in [-0.4, -0.2) is 24.7 Å². The number of rotatable bonds is 4. The quantitative estimate of drug-likeness (QED) is 0.575.